The highest BCUT2D eigenvalue weighted by molar-refractivity contribution is 5.90. The van der Waals surface area contributed by atoms with Crippen molar-refractivity contribution in [2.45, 2.75) is 45.6 Å². The summed E-state index contributed by atoms with van der Waals surface area (Å²) in [7, 11) is 0. The first kappa shape index (κ1) is 15.6. The predicted molar refractivity (Wildman–Crippen MR) is 86.4 cm³/mol. The molecule has 1 aliphatic heterocycles. The highest BCUT2D eigenvalue weighted by atomic mass is 16.4. The lowest BCUT2D eigenvalue weighted by Gasteiger charge is -2.33. The molecule has 5 nitrogen and oxygen atoms in total. The smallest absolute Gasteiger partial charge is 0.326 e. The van der Waals surface area contributed by atoms with E-state index in [-0.39, 0.29) is 12.3 Å². The molecule has 0 aliphatic carbocycles. The maximum atomic E-state index is 12.6. The third-order valence-corrected chi connectivity index (χ3v) is 4.72. The minimum absolute atomic E-state index is 0.141. The fourth-order valence-corrected chi connectivity index (χ4v) is 3.22. The Balaban J connectivity index is 1.85. The van der Waals surface area contributed by atoms with Crippen LogP contribution >= 0.6 is 0 Å². The molecule has 1 N–H and O–H groups in total. The van der Waals surface area contributed by atoms with Gasteiger partial charge in [0.15, 0.2) is 0 Å². The molecule has 1 aromatic heterocycles. The summed E-state index contributed by atoms with van der Waals surface area (Å²) in [5, 5.41) is 10.2. The molecule has 0 unspecified atom stereocenters. The maximum Gasteiger partial charge on any atom is 0.326 e. The van der Waals surface area contributed by atoms with Gasteiger partial charge < -0.3 is 14.4 Å². The van der Waals surface area contributed by atoms with Crippen LogP contribution in [0.1, 0.15) is 36.0 Å². The van der Waals surface area contributed by atoms with Crippen molar-refractivity contribution in [3.63, 3.8) is 0 Å². The molecule has 1 aliphatic rings. The van der Waals surface area contributed by atoms with Gasteiger partial charge in [-0.1, -0.05) is 0 Å². The Morgan fingerprint density at radius 3 is 2.74 bits per heavy atom. The second-order valence-electron chi connectivity index (χ2n) is 6.31. The van der Waals surface area contributed by atoms with Gasteiger partial charge in [0.05, 0.1) is 12.7 Å². The van der Waals surface area contributed by atoms with Crippen LogP contribution in [0.3, 0.4) is 0 Å². The number of fused-ring (bicyclic) bond motifs is 1. The number of aliphatic carboxylic acids is 1. The van der Waals surface area contributed by atoms with Gasteiger partial charge >= 0.3 is 5.97 Å². The van der Waals surface area contributed by atoms with Crippen LogP contribution in [-0.4, -0.2) is 34.5 Å². The van der Waals surface area contributed by atoms with Gasteiger partial charge in [-0.25, -0.2) is 4.79 Å². The molecule has 0 saturated carbocycles. The molecule has 1 atom stereocenters. The van der Waals surface area contributed by atoms with E-state index in [0.29, 0.717) is 13.0 Å². The van der Waals surface area contributed by atoms with E-state index in [4.69, 9.17) is 4.42 Å². The summed E-state index contributed by atoms with van der Waals surface area (Å²) in [4.78, 5) is 25.5. The molecule has 3 rings (SSSR count). The number of amides is 1. The Morgan fingerprint density at radius 2 is 2.00 bits per heavy atom. The third kappa shape index (κ3) is 2.96. The second-order valence-corrected chi connectivity index (χ2v) is 6.31. The van der Waals surface area contributed by atoms with Gasteiger partial charge in [0.25, 0.3) is 0 Å². The number of carboxylic acid groups (broad SMARTS) is 1. The quantitative estimate of drug-likeness (QED) is 0.945. The van der Waals surface area contributed by atoms with E-state index in [1.165, 1.54) is 4.90 Å². The van der Waals surface area contributed by atoms with Crippen LogP contribution in [-0.2, 0) is 16.0 Å². The van der Waals surface area contributed by atoms with Gasteiger partial charge in [0.2, 0.25) is 5.91 Å². The normalized spacial score (nSPS) is 18.3. The predicted octanol–water partition coefficient (Wildman–Crippen LogP) is 3.06. The van der Waals surface area contributed by atoms with Gasteiger partial charge in [-0.05, 0) is 56.4 Å². The average Bonchev–Trinajstić information content (AvgIpc) is 2.89. The molecule has 0 spiro atoms. The molecule has 2 aromatic rings. The highest BCUT2D eigenvalue weighted by Crippen LogP contribution is 2.26. The highest BCUT2D eigenvalue weighted by Gasteiger charge is 2.32. The lowest BCUT2D eigenvalue weighted by Crippen LogP contribution is -2.48. The molecule has 0 radical (unpaired) electrons. The van der Waals surface area contributed by atoms with Crippen LogP contribution in [0.15, 0.2) is 22.8 Å². The van der Waals surface area contributed by atoms with Gasteiger partial charge in [-0.15, -0.1) is 0 Å². The van der Waals surface area contributed by atoms with Crippen LogP contribution in [0, 0.1) is 13.8 Å². The minimum Gasteiger partial charge on any atom is -0.480 e. The van der Waals surface area contributed by atoms with E-state index in [1.807, 2.05) is 26.0 Å². The summed E-state index contributed by atoms with van der Waals surface area (Å²) in [5.74, 6) is -1.06. The summed E-state index contributed by atoms with van der Waals surface area (Å²) in [6.07, 6.45) is 4.04. The number of likely N-dealkylation sites (tertiary alicyclic amines) is 1. The van der Waals surface area contributed by atoms with Gasteiger partial charge in [0.1, 0.15) is 11.6 Å². The molecular formula is C18H21NO4. The largest absolute Gasteiger partial charge is 0.480 e. The number of carbonyl (C=O) groups excluding carboxylic acids is 1. The summed E-state index contributed by atoms with van der Waals surface area (Å²) in [6, 6.07) is 3.31. The van der Waals surface area contributed by atoms with Crippen molar-refractivity contribution in [1.29, 1.82) is 0 Å². The number of hydrogen-bond acceptors (Lipinski definition) is 3. The Labute approximate surface area is 134 Å². The van der Waals surface area contributed by atoms with Crippen molar-refractivity contribution in [2.24, 2.45) is 0 Å². The number of aryl methyl sites for hydroxylation is 2. The van der Waals surface area contributed by atoms with Crippen LogP contribution in [0.5, 0.6) is 0 Å². The Bertz CT molecular complexity index is 762. The molecule has 5 heteroatoms. The first-order chi connectivity index (χ1) is 11.0. The first-order valence-corrected chi connectivity index (χ1v) is 7.97. The summed E-state index contributed by atoms with van der Waals surface area (Å²) >= 11 is 0. The number of rotatable bonds is 3. The van der Waals surface area contributed by atoms with E-state index in [9.17, 15) is 14.7 Å². The van der Waals surface area contributed by atoms with Crippen molar-refractivity contribution in [3.8, 4) is 0 Å². The number of carboxylic acids is 1. The number of hydrogen-bond donors (Lipinski definition) is 1. The van der Waals surface area contributed by atoms with Gasteiger partial charge in [0, 0.05) is 17.5 Å². The molecule has 2 heterocycles. The number of nitrogens with zero attached hydrogens (tertiary/aromatic N) is 1. The molecule has 1 saturated heterocycles. The Morgan fingerprint density at radius 1 is 1.26 bits per heavy atom. The molecule has 23 heavy (non-hydrogen) atoms. The molecule has 1 fully saturated rings. The fraction of sp³-hybridized carbons (Fsp3) is 0.444. The zero-order valence-electron chi connectivity index (χ0n) is 13.5. The minimum atomic E-state index is -0.915. The number of carbonyl (C=O) groups is 2. The molecule has 1 amide bonds. The number of furan rings is 1. The van der Waals surface area contributed by atoms with Gasteiger partial charge in [-0.3, -0.25) is 4.79 Å². The summed E-state index contributed by atoms with van der Waals surface area (Å²) in [5.41, 5.74) is 3.88. The van der Waals surface area contributed by atoms with Crippen molar-refractivity contribution in [2.75, 3.05) is 6.54 Å². The van der Waals surface area contributed by atoms with Crippen LogP contribution in [0.2, 0.25) is 0 Å². The Hall–Kier alpha value is -2.30. The maximum absolute atomic E-state index is 12.6. The molecule has 1 aromatic carbocycles. The lowest BCUT2D eigenvalue weighted by atomic mass is 10.00. The van der Waals surface area contributed by atoms with Crippen molar-refractivity contribution in [1.82, 2.24) is 4.90 Å². The van der Waals surface area contributed by atoms with E-state index in [0.717, 1.165) is 40.5 Å². The number of piperidine rings is 1. The van der Waals surface area contributed by atoms with Gasteiger partial charge in [-0.2, -0.15) is 0 Å². The fourth-order valence-electron chi connectivity index (χ4n) is 3.22. The zero-order chi connectivity index (χ0) is 16.6. The average molecular weight is 315 g/mol. The van der Waals surface area contributed by atoms with E-state index in [2.05, 4.69) is 0 Å². The van der Waals surface area contributed by atoms with E-state index < -0.39 is 12.0 Å². The zero-order valence-corrected chi connectivity index (χ0v) is 13.5. The van der Waals surface area contributed by atoms with Crippen molar-refractivity contribution in [3.05, 3.63) is 35.1 Å². The summed E-state index contributed by atoms with van der Waals surface area (Å²) < 4.78 is 5.56. The molecule has 122 valence electrons. The van der Waals surface area contributed by atoms with E-state index >= 15 is 0 Å². The standard InChI is InChI=1S/C18H21NO4/c1-11-7-14-13(10-23-16(14)8-12(11)2)9-17(20)19-6-4-3-5-15(19)18(21)22/h7-8,10,15H,3-6,9H2,1-2H3,(H,21,22)/t15-/m1/s1. The lowest BCUT2D eigenvalue weighted by molar-refractivity contribution is -0.151. The monoisotopic (exact) mass is 315 g/mol. The number of benzene rings is 1. The molecular weight excluding hydrogens is 294 g/mol. The van der Waals surface area contributed by atoms with E-state index in [1.54, 1.807) is 6.26 Å². The third-order valence-electron chi connectivity index (χ3n) is 4.72. The van der Waals surface area contributed by atoms with Crippen LogP contribution < -0.4 is 0 Å². The second kappa shape index (κ2) is 6.07. The van der Waals surface area contributed by atoms with Crippen LogP contribution in [0.25, 0.3) is 11.0 Å². The SMILES string of the molecule is Cc1cc2occ(CC(=O)N3CCCC[C@@H]3C(=O)O)c2cc1C. The summed E-state index contributed by atoms with van der Waals surface area (Å²) in [6.45, 7) is 4.56. The van der Waals surface area contributed by atoms with Crippen molar-refractivity contribution < 1.29 is 19.1 Å². The Kier molecular flexibility index (Phi) is 4.11. The first-order valence-electron chi connectivity index (χ1n) is 7.97. The van der Waals surface area contributed by atoms with Crippen LogP contribution in [0.4, 0.5) is 0 Å². The molecule has 0 bridgehead atoms. The topological polar surface area (TPSA) is 70.8 Å². The van der Waals surface area contributed by atoms with Crippen molar-refractivity contribution >= 4 is 22.8 Å².